The third-order valence-corrected chi connectivity index (χ3v) is 3.67. The van der Waals surface area contributed by atoms with Gasteiger partial charge in [0.05, 0.1) is 4.47 Å². The van der Waals surface area contributed by atoms with Crippen LogP contribution in [0.2, 0.25) is 0 Å². The third-order valence-electron chi connectivity index (χ3n) is 3.09. The Hall–Kier alpha value is -0.920. The Kier molecular flexibility index (Phi) is 4.14. The van der Waals surface area contributed by atoms with Gasteiger partial charge in [-0.2, -0.15) is 4.98 Å². The monoisotopic (exact) mass is 301 g/mol. The maximum absolute atomic E-state index is 9.27. The van der Waals surface area contributed by atoms with E-state index in [0.717, 1.165) is 23.7 Å². The summed E-state index contributed by atoms with van der Waals surface area (Å²) in [6.45, 7) is 0.211. The van der Waals surface area contributed by atoms with E-state index in [1.165, 1.54) is 0 Å². The zero-order valence-electron chi connectivity index (χ0n) is 9.36. The fourth-order valence-corrected chi connectivity index (χ4v) is 2.46. The van der Waals surface area contributed by atoms with Crippen molar-refractivity contribution in [2.75, 3.05) is 17.3 Å². The number of hydrogen-bond acceptors (Lipinski definition) is 6. The topological polar surface area (TPSA) is 96.1 Å². The lowest BCUT2D eigenvalue weighted by Gasteiger charge is -2.20. The summed E-state index contributed by atoms with van der Waals surface area (Å²) in [5, 5.41) is 12.6. The van der Waals surface area contributed by atoms with Gasteiger partial charge >= 0.3 is 0 Å². The summed E-state index contributed by atoms with van der Waals surface area (Å²) in [7, 11) is 0. The highest BCUT2D eigenvalue weighted by molar-refractivity contribution is 9.10. The average molecular weight is 302 g/mol. The Morgan fingerprint density at radius 3 is 3.06 bits per heavy atom. The maximum atomic E-state index is 9.27. The molecule has 0 amide bonds. The van der Waals surface area contributed by atoms with Crippen molar-refractivity contribution in [1.29, 1.82) is 0 Å². The molecule has 1 aliphatic carbocycles. The van der Waals surface area contributed by atoms with Crippen LogP contribution < -0.4 is 16.6 Å². The van der Waals surface area contributed by atoms with Gasteiger partial charge in [-0.15, -0.1) is 0 Å². The molecule has 0 saturated heterocycles. The van der Waals surface area contributed by atoms with Gasteiger partial charge < -0.3 is 10.4 Å². The number of aliphatic hydroxyl groups excluding tert-OH is 1. The Labute approximate surface area is 108 Å². The Morgan fingerprint density at radius 2 is 2.35 bits per heavy atom. The van der Waals surface area contributed by atoms with E-state index in [9.17, 15) is 5.11 Å². The van der Waals surface area contributed by atoms with E-state index in [0.29, 0.717) is 17.7 Å². The van der Waals surface area contributed by atoms with E-state index in [1.54, 1.807) is 6.20 Å². The lowest BCUT2D eigenvalue weighted by atomic mass is 10.1. The molecule has 1 aromatic heterocycles. The molecule has 0 aliphatic heterocycles. The molecule has 1 aliphatic rings. The van der Waals surface area contributed by atoms with Gasteiger partial charge in [0.25, 0.3) is 0 Å². The molecule has 0 aromatic carbocycles. The van der Waals surface area contributed by atoms with E-state index >= 15 is 0 Å². The van der Waals surface area contributed by atoms with E-state index in [4.69, 9.17) is 5.84 Å². The van der Waals surface area contributed by atoms with Gasteiger partial charge in [-0.3, -0.25) is 5.43 Å². The minimum absolute atomic E-state index is 0.211. The molecule has 0 bridgehead atoms. The summed E-state index contributed by atoms with van der Waals surface area (Å²) in [4.78, 5) is 8.22. The largest absolute Gasteiger partial charge is 0.396 e. The van der Waals surface area contributed by atoms with E-state index in [-0.39, 0.29) is 12.6 Å². The first-order valence-corrected chi connectivity index (χ1v) is 6.40. The zero-order chi connectivity index (χ0) is 12.3. The highest BCUT2D eigenvalue weighted by atomic mass is 79.9. The minimum atomic E-state index is 0.211. The van der Waals surface area contributed by atoms with Crippen LogP contribution in [0.1, 0.15) is 19.3 Å². The molecule has 2 rings (SSSR count). The maximum Gasteiger partial charge on any atom is 0.239 e. The molecule has 2 atom stereocenters. The number of hydrogen-bond donors (Lipinski definition) is 4. The molecule has 1 heterocycles. The molecule has 7 heteroatoms. The van der Waals surface area contributed by atoms with Crippen LogP contribution in [0.25, 0.3) is 0 Å². The number of halogens is 1. The summed E-state index contributed by atoms with van der Waals surface area (Å²) in [6, 6.07) is 0.261. The molecule has 5 N–H and O–H groups in total. The van der Waals surface area contributed by atoms with Crippen molar-refractivity contribution < 1.29 is 5.11 Å². The molecule has 1 fully saturated rings. The highest BCUT2D eigenvalue weighted by Gasteiger charge is 2.27. The van der Waals surface area contributed by atoms with Crippen LogP contribution in [0.15, 0.2) is 10.7 Å². The fraction of sp³-hybridized carbons (Fsp3) is 0.600. The van der Waals surface area contributed by atoms with Crippen LogP contribution in [0.5, 0.6) is 0 Å². The molecule has 6 nitrogen and oxygen atoms in total. The first kappa shape index (κ1) is 12.5. The second-order valence-electron chi connectivity index (χ2n) is 4.16. The molecular weight excluding hydrogens is 286 g/mol. The van der Waals surface area contributed by atoms with E-state index in [1.807, 2.05) is 0 Å². The van der Waals surface area contributed by atoms with Crippen molar-refractivity contribution in [2.24, 2.45) is 11.8 Å². The number of anilines is 2. The van der Waals surface area contributed by atoms with Crippen LogP contribution in [-0.4, -0.2) is 27.7 Å². The number of nitrogens with two attached hydrogens (primary N) is 1. The first-order chi connectivity index (χ1) is 8.24. The number of hydrazine groups is 1. The lowest BCUT2D eigenvalue weighted by Crippen LogP contribution is -2.27. The molecule has 0 radical (unpaired) electrons. The molecule has 94 valence electrons. The second-order valence-corrected chi connectivity index (χ2v) is 5.01. The quantitative estimate of drug-likeness (QED) is 0.491. The normalized spacial score (nSPS) is 23.7. The predicted molar refractivity (Wildman–Crippen MR) is 69.4 cm³/mol. The van der Waals surface area contributed by atoms with E-state index in [2.05, 4.69) is 36.6 Å². The first-order valence-electron chi connectivity index (χ1n) is 5.61. The van der Waals surface area contributed by atoms with Gasteiger partial charge in [0.2, 0.25) is 5.95 Å². The number of rotatable bonds is 4. The molecule has 2 unspecified atom stereocenters. The van der Waals surface area contributed by atoms with Gasteiger partial charge in [0.1, 0.15) is 5.82 Å². The second kappa shape index (κ2) is 5.61. The van der Waals surface area contributed by atoms with Crippen molar-refractivity contribution >= 4 is 27.7 Å². The van der Waals surface area contributed by atoms with Crippen molar-refractivity contribution in [3.8, 4) is 0 Å². The average Bonchev–Trinajstić information content (AvgIpc) is 2.79. The van der Waals surface area contributed by atoms with Gasteiger partial charge in [0.15, 0.2) is 0 Å². The summed E-state index contributed by atoms with van der Waals surface area (Å²) in [6.07, 6.45) is 4.88. The molecule has 1 aromatic rings. The standard InChI is InChI=1S/C10H16BrN5O/c11-7-4-13-10(16-12)15-9(7)14-8-3-1-2-6(8)5-17/h4,6,8,17H,1-3,5,12H2,(H2,13,14,15,16). The van der Waals surface area contributed by atoms with Crippen molar-refractivity contribution in [3.05, 3.63) is 10.7 Å². The molecule has 17 heavy (non-hydrogen) atoms. The Balaban J connectivity index is 2.12. The van der Waals surface area contributed by atoms with Gasteiger partial charge in [0, 0.05) is 24.8 Å². The van der Waals surface area contributed by atoms with Crippen LogP contribution in [0.4, 0.5) is 11.8 Å². The van der Waals surface area contributed by atoms with E-state index < -0.39 is 0 Å². The smallest absolute Gasteiger partial charge is 0.239 e. The summed E-state index contributed by atoms with van der Waals surface area (Å²) < 4.78 is 0.792. The lowest BCUT2D eigenvalue weighted by molar-refractivity contribution is 0.222. The number of nitrogens with zero attached hydrogens (tertiary/aromatic N) is 2. The van der Waals surface area contributed by atoms with Crippen LogP contribution in [-0.2, 0) is 0 Å². The van der Waals surface area contributed by atoms with Gasteiger partial charge in [-0.1, -0.05) is 6.42 Å². The van der Waals surface area contributed by atoms with Gasteiger partial charge in [-0.05, 0) is 28.8 Å². The van der Waals surface area contributed by atoms with Gasteiger partial charge in [-0.25, -0.2) is 10.8 Å². The van der Waals surface area contributed by atoms with Crippen LogP contribution in [0.3, 0.4) is 0 Å². The van der Waals surface area contributed by atoms with Crippen LogP contribution >= 0.6 is 15.9 Å². The minimum Gasteiger partial charge on any atom is -0.396 e. The summed E-state index contributed by atoms with van der Waals surface area (Å²) in [5.41, 5.74) is 2.41. The number of aromatic nitrogens is 2. The van der Waals surface area contributed by atoms with Crippen molar-refractivity contribution in [1.82, 2.24) is 9.97 Å². The third kappa shape index (κ3) is 2.85. The molecule has 1 saturated carbocycles. The summed E-state index contributed by atoms with van der Waals surface area (Å²) >= 11 is 3.39. The van der Waals surface area contributed by atoms with Crippen LogP contribution in [0, 0.1) is 5.92 Å². The number of nitrogen functional groups attached to an aromatic ring is 1. The number of nitrogens with one attached hydrogen (secondary N) is 2. The Bertz CT molecular complexity index is 389. The number of aliphatic hydroxyl groups is 1. The zero-order valence-corrected chi connectivity index (χ0v) is 10.9. The SMILES string of the molecule is NNc1ncc(Br)c(NC2CCCC2CO)n1. The highest BCUT2D eigenvalue weighted by Crippen LogP contribution is 2.30. The molecular formula is C10H16BrN5O. The van der Waals surface area contributed by atoms with Crippen molar-refractivity contribution in [3.63, 3.8) is 0 Å². The fourth-order valence-electron chi connectivity index (χ4n) is 2.16. The Morgan fingerprint density at radius 1 is 1.53 bits per heavy atom. The van der Waals surface area contributed by atoms with Crippen molar-refractivity contribution in [2.45, 2.75) is 25.3 Å². The summed E-state index contributed by atoms with van der Waals surface area (Å²) in [5.74, 6) is 6.65. The molecule has 0 spiro atoms. The predicted octanol–water partition coefficient (Wildman–Crippen LogP) is 1.10.